The van der Waals surface area contributed by atoms with Crippen molar-refractivity contribution in [3.8, 4) is 0 Å². The van der Waals surface area contributed by atoms with Crippen LogP contribution in [-0.4, -0.2) is 32.5 Å². The quantitative estimate of drug-likeness (QED) is 0.655. The fourth-order valence-electron chi connectivity index (χ4n) is 3.80. The summed E-state index contributed by atoms with van der Waals surface area (Å²) in [5, 5.41) is 4.17. The summed E-state index contributed by atoms with van der Waals surface area (Å²) in [6.07, 6.45) is 0.562. The van der Waals surface area contributed by atoms with Crippen molar-refractivity contribution in [2.24, 2.45) is 0 Å². The van der Waals surface area contributed by atoms with Gasteiger partial charge in [0.1, 0.15) is 0 Å². The van der Waals surface area contributed by atoms with Crippen molar-refractivity contribution in [2.45, 2.75) is 31.0 Å². The predicted octanol–water partition coefficient (Wildman–Crippen LogP) is 3.83. The van der Waals surface area contributed by atoms with E-state index in [1.165, 1.54) is 12.1 Å². The van der Waals surface area contributed by atoms with Crippen LogP contribution in [0, 0.1) is 0 Å². The molecule has 5 nitrogen and oxygen atoms in total. The van der Waals surface area contributed by atoms with Gasteiger partial charge in [0.25, 0.3) is 0 Å². The first-order valence-corrected chi connectivity index (χ1v) is 8.65. The number of imidazole rings is 1. The van der Waals surface area contributed by atoms with Crippen LogP contribution in [0.25, 0.3) is 5.65 Å². The van der Waals surface area contributed by atoms with Crippen LogP contribution in [0.2, 0.25) is 0 Å². The minimum absolute atomic E-state index is 0.280. The van der Waals surface area contributed by atoms with Crippen molar-refractivity contribution >= 4 is 12.1 Å². The number of fused-ring (bicyclic) bond motifs is 1. The van der Waals surface area contributed by atoms with E-state index in [1.54, 1.807) is 40.0 Å². The third kappa shape index (κ3) is 3.27. The molecular weight excluding hydrogens is 357 g/mol. The van der Waals surface area contributed by atoms with Gasteiger partial charge in [-0.15, -0.1) is 0 Å². The Morgan fingerprint density at radius 2 is 1.96 bits per heavy atom. The molecule has 0 radical (unpaired) electrons. The summed E-state index contributed by atoms with van der Waals surface area (Å²) >= 11 is 0. The highest BCUT2D eigenvalue weighted by Gasteiger charge is 2.38. The van der Waals surface area contributed by atoms with E-state index < -0.39 is 11.7 Å². The Balaban J connectivity index is 1.70. The molecule has 4 rings (SSSR count). The highest BCUT2D eigenvalue weighted by atomic mass is 19.4. The Kier molecular flexibility index (Phi) is 4.33. The minimum atomic E-state index is -4.40. The van der Waals surface area contributed by atoms with Gasteiger partial charge < -0.3 is 4.90 Å². The van der Waals surface area contributed by atoms with E-state index in [4.69, 9.17) is 0 Å². The molecule has 1 amide bonds. The number of hydrogen-bond acceptors (Lipinski definition) is 3. The molecule has 3 aromatic rings. The molecule has 0 spiro atoms. The standard InChI is InChI=1S/C19H17F3N4O/c20-19(21,22)15-5-2-1-4-14(15)13-7-9-25(12-27)17(10-13)16-11-26-18(24-16)6-3-8-23-26/h1-6,8,11-13,17H,7,9-10H2. The fraction of sp³-hybridized carbons (Fsp3) is 0.316. The molecule has 140 valence electrons. The molecule has 8 heteroatoms. The Hall–Kier alpha value is -2.90. The third-order valence-electron chi connectivity index (χ3n) is 5.08. The van der Waals surface area contributed by atoms with Crippen molar-refractivity contribution < 1.29 is 18.0 Å². The topological polar surface area (TPSA) is 50.5 Å². The summed E-state index contributed by atoms with van der Waals surface area (Å²) < 4.78 is 41.8. The van der Waals surface area contributed by atoms with Crippen LogP contribution in [0.5, 0.6) is 0 Å². The zero-order valence-corrected chi connectivity index (χ0v) is 14.3. The highest BCUT2D eigenvalue weighted by molar-refractivity contribution is 5.50. The predicted molar refractivity (Wildman–Crippen MR) is 91.9 cm³/mol. The van der Waals surface area contributed by atoms with E-state index in [0.29, 0.717) is 30.7 Å². The largest absolute Gasteiger partial charge is 0.416 e. The third-order valence-corrected chi connectivity index (χ3v) is 5.08. The average Bonchev–Trinajstić information content (AvgIpc) is 3.11. The molecule has 2 aromatic heterocycles. The lowest BCUT2D eigenvalue weighted by atomic mass is 9.82. The lowest BCUT2D eigenvalue weighted by Crippen LogP contribution is -2.35. The number of alkyl halides is 3. The summed E-state index contributed by atoms with van der Waals surface area (Å²) in [6, 6.07) is 8.84. The molecule has 1 saturated heterocycles. The van der Waals surface area contributed by atoms with Crippen molar-refractivity contribution in [1.29, 1.82) is 0 Å². The maximum atomic E-state index is 13.4. The van der Waals surface area contributed by atoms with Crippen LogP contribution >= 0.6 is 0 Å². The van der Waals surface area contributed by atoms with Gasteiger partial charge in [-0.3, -0.25) is 4.79 Å². The van der Waals surface area contributed by atoms with Crippen LogP contribution in [0.4, 0.5) is 13.2 Å². The molecule has 1 aromatic carbocycles. The maximum absolute atomic E-state index is 13.4. The van der Waals surface area contributed by atoms with Crippen molar-refractivity contribution in [3.05, 3.63) is 65.6 Å². The van der Waals surface area contributed by atoms with Gasteiger partial charge in [-0.2, -0.15) is 18.3 Å². The van der Waals surface area contributed by atoms with Gasteiger partial charge in [0.2, 0.25) is 6.41 Å². The van der Waals surface area contributed by atoms with Crippen LogP contribution in [0.1, 0.15) is 41.6 Å². The second kappa shape index (κ2) is 6.68. The van der Waals surface area contributed by atoms with Gasteiger partial charge in [0, 0.05) is 12.7 Å². The number of piperidine rings is 1. The lowest BCUT2D eigenvalue weighted by Gasteiger charge is -2.37. The molecule has 2 atom stereocenters. The van der Waals surface area contributed by atoms with E-state index in [-0.39, 0.29) is 17.5 Å². The molecule has 1 aliphatic heterocycles. The summed E-state index contributed by atoms with van der Waals surface area (Å²) in [7, 11) is 0. The molecule has 2 unspecified atom stereocenters. The second-order valence-corrected chi connectivity index (χ2v) is 6.66. The molecule has 27 heavy (non-hydrogen) atoms. The monoisotopic (exact) mass is 374 g/mol. The Labute approximate surface area is 153 Å². The van der Waals surface area contributed by atoms with Crippen molar-refractivity contribution in [2.75, 3.05) is 6.54 Å². The van der Waals surface area contributed by atoms with Crippen LogP contribution in [0.3, 0.4) is 0 Å². The fourth-order valence-corrected chi connectivity index (χ4v) is 3.80. The van der Waals surface area contributed by atoms with Crippen molar-refractivity contribution in [1.82, 2.24) is 19.5 Å². The second-order valence-electron chi connectivity index (χ2n) is 6.66. The number of hydrogen-bond donors (Lipinski definition) is 0. The molecule has 1 fully saturated rings. The van der Waals surface area contributed by atoms with Gasteiger partial charge >= 0.3 is 6.18 Å². The van der Waals surface area contributed by atoms with E-state index in [9.17, 15) is 18.0 Å². The zero-order valence-electron chi connectivity index (χ0n) is 14.3. The number of carbonyl (C=O) groups excluding carboxylic acids is 1. The molecule has 3 heterocycles. The van der Waals surface area contributed by atoms with E-state index in [0.717, 1.165) is 12.5 Å². The molecule has 0 N–H and O–H groups in total. The summed E-state index contributed by atoms with van der Waals surface area (Å²) in [5.74, 6) is -0.304. The number of amides is 1. The normalized spacial score (nSPS) is 20.8. The number of carbonyl (C=O) groups is 1. The summed E-state index contributed by atoms with van der Waals surface area (Å²) in [4.78, 5) is 17.6. The molecular formula is C19H17F3N4O. The van der Waals surface area contributed by atoms with Gasteiger partial charge in [0.15, 0.2) is 5.65 Å². The lowest BCUT2D eigenvalue weighted by molar-refractivity contribution is -0.138. The smallest absolute Gasteiger partial charge is 0.337 e. The molecule has 0 saturated carbocycles. The first kappa shape index (κ1) is 17.5. The molecule has 0 bridgehead atoms. The van der Waals surface area contributed by atoms with Gasteiger partial charge in [-0.1, -0.05) is 18.2 Å². The van der Waals surface area contributed by atoms with E-state index >= 15 is 0 Å². The highest BCUT2D eigenvalue weighted by Crippen LogP contribution is 2.43. The average molecular weight is 374 g/mol. The van der Waals surface area contributed by atoms with E-state index in [2.05, 4.69) is 10.1 Å². The van der Waals surface area contributed by atoms with Crippen LogP contribution < -0.4 is 0 Å². The van der Waals surface area contributed by atoms with Crippen LogP contribution in [0.15, 0.2) is 48.8 Å². The van der Waals surface area contributed by atoms with E-state index in [1.807, 2.05) is 0 Å². The molecule has 0 aliphatic carbocycles. The Morgan fingerprint density at radius 1 is 1.15 bits per heavy atom. The van der Waals surface area contributed by atoms with Crippen molar-refractivity contribution in [3.63, 3.8) is 0 Å². The first-order chi connectivity index (χ1) is 13.0. The number of likely N-dealkylation sites (tertiary alicyclic amines) is 1. The summed E-state index contributed by atoms with van der Waals surface area (Å²) in [5.41, 5.74) is 0.943. The zero-order chi connectivity index (χ0) is 19.0. The minimum Gasteiger partial charge on any atom is -0.337 e. The van der Waals surface area contributed by atoms with Gasteiger partial charge in [0.05, 0.1) is 23.5 Å². The summed E-state index contributed by atoms with van der Waals surface area (Å²) in [6.45, 7) is 0.381. The molecule has 1 aliphatic rings. The number of rotatable bonds is 3. The maximum Gasteiger partial charge on any atom is 0.416 e. The van der Waals surface area contributed by atoms with Gasteiger partial charge in [-0.05, 0) is 42.5 Å². The van der Waals surface area contributed by atoms with Gasteiger partial charge in [-0.25, -0.2) is 9.50 Å². The number of benzene rings is 1. The Bertz CT molecular complexity index is 936. The van der Waals surface area contributed by atoms with Crippen LogP contribution in [-0.2, 0) is 11.0 Å². The first-order valence-electron chi connectivity index (χ1n) is 8.65. The number of nitrogens with zero attached hydrogens (tertiary/aromatic N) is 4. The number of aromatic nitrogens is 3. The SMILES string of the molecule is O=CN1CCC(c2ccccc2C(F)(F)F)CC1c1cn2ncccc2n1. The Morgan fingerprint density at radius 3 is 2.70 bits per heavy atom. The number of halogens is 3.